The van der Waals surface area contributed by atoms with Crippen molar-refractivity contribution in [3.05, 3.63) is 29.8 Å². The highest BCUT2D eigenvalue weighted by atomic mass is 16.1. The highest BCUT2D eigenvalue weighted by Crippen LogP contribution is 2.17. The van der Waals surface area contributed by atoms with Crippen LogP contribution in [0.25, 0.3) is 0 Å². The topological polar surface area (TPSA) is 35.6 Å². The molecule has 0 saturated carbocycles. The minimum Gasteiger partial charge on any atom is -0.377 e. The molecule has 0 fully saturated rings. The summed E-state index contributed by atoms with van der Waals surface area (Å²) in [5.74, 6) is 0.00848. The zero-order chi connectivity index (χ0) is 14.3. The highest BCUT2D eigenvalue weighted by molar-refractivity contribution is 5.99. The van der Waals surface area contributed by atoms with E-state index in [1.54, 1.807) is 0 Å². The summed E-state index contributed by atoms with van der Waals surface area (Å²) >= 11 is 0. The van der Waals surface area contributed by atoms with Crippen molar-refractivity contribution in [2.75, 3.05) is 46.2 Å². The Morgan fingerprint density at radius 3 is 2.42 bits per heavy atom. The third kappa shape index (κ3) is 5.30. The second-order valence-corrected chi connectivity index (χ2v) is 5.18. The van der Waals surface area contributed by atoms with E-state index in [1.807, 2.05) is 43.3 Å². The minimum atomic E-state index is 0.00848. The number of nitrogens with zero attached hydrogens (tertiary/aromatic N) is 2. The SMILES string of the molecule is CN(C)CCCCNC(=O)c1ccccc1N(C)C. The number of anilines is 1. The van der Waals surface area contributed by atoms with E-state index in [0.29, 0.717) is 0 Å². The summed E-state index contributed by atoms with van der Waals surface area (Å²) in [6, 6.07) is 7.67. The first-order valence-electron chi connectivity index (χ1n) is 6.71. The van der Waals surface area contributed by atoms with Gasteiger partial charge in [0.05, 0.1) is 5.56 Å². The summed E-state index contributed by atoms with van der Waals surface area (Å²) in [5, 5.41) is 2.98. The van der Waals surface area contributed by atoms with Gasteiger partial charge in [-0.15, -0.1) is 0 Å². The lowest BCUT2D eigenvalue weighted by molar-refractivity contribution is 0.0953. The van der Waals surface area contributed by atoms with E-state index in [-0.39, 0.29) is 5.91 Å². The molecular weight excluding hydrogens is 238 g/mol. The Bertz CT molecular complexity index is 402. The molecule has 4 heteroatoms. The number of rotatable bonds is 7. The number of amides is 1. The Hall–Kier alpha value is -1.55. The molecule has 0 heterocycles. The van der Waals surface area contributed by atoms with Gasteiger partial charge in [-0.05, 0) is 45.6 Å². The second kappa shape index (κ2) is 7.79. The molecule has 0 spiro atoms. The van der Waals surface area contributed by atoms with Crippen LogP contribution in [0, 0.1) is 0 Å². The van der Waals surface area contributed by atoms with E-state index in [4.69, 9.17) is 0 Å². The third-order valence-corrected chi connectivity index (χ3v) is 2.95. The number of unbranched alkanes of at least 4 members (excludes halogenated alkanes) is 1. The van der Waals surface area contributed by atoms with Crippen LogP contribution in [0.2, 0.25) is 0 Å². The molecule has 0 aliphatic heterocycles. The number of nitrogens with one attached hydrogen (secondary N) is 1. The van der Waals surface area contributed by atoms with Crippen LogP contribution in [0.5, 0.6) is 0 Å². The quantitative estimate of drug-likeness (QED) is 0.762. The van der Waals surface area contributed by atoms with Gasteiger partial charge in [0.15, 0.2) is 0 Å². The van der Waals surface area contributed by atoms with Crippen molar-refractivity contribution in [3.63, 3.8) is 0 Å². The molecule has 0 aliphatic carbocycles. The standard InChI is InChI=1S/C15H25N3O/c1-17(2)12-8-7-11-16-15(19)13-9-5-6-10-14(13)18(3)4/h5-6,9-10H,7-8,11-12H2,1-4H3,(H,16,19). The fourth-order valence-corrected chi connectivity index (χ4v) is 1.91. The third-order valence-electron chi connectivity index (χ3n) is 2.95. The van der Waals surface area contributed by atoms with Crippen molar-refractivity contribution < 1.29 is 4.79 Å². The predicted molar refractivity (Wildman–Crippen MR) is 80.9 cm³/mol. The maximum absolute atomic E-state index is 12.1. The van der Waals surface area contributed by atoms with Gasteiger partial charge in [-0.25, -0.2) is 0 Å². The van der Waals surface area contributed by atoms with Crippen molar-refractivity contribution in [2.45, 2.75) is 12.8 Å². The number of benzene rings is 1. The largest absolute Gasteiger partial charge is 0.377 e. The van der Waals surface area contributed by atoms with Gasteiger partial charge in [-0.3, -0.25) is 4.79 Å². The first-order chi connectivity index (χ1) is 9.02. The molecule has 1 rings (SSSR count). The summed E-state index contributed by atoms with van der Waals surface area (Å²) in [5.41, 5.74) is 1.69. The van der Waals surface area contributed by atoms with Gasteiger partial charge in [-0.1, -0.05) is 12.1 Å². The Balaban J connectivity index is 2.46. The number of hydrogen-bond donors (Lipinski definition) is 1. The Morgan fingerprint density at radius 1 is 1.11 bits per heavy atom. The molecule has 4 nitrogen and oxygen atoms in total. The molecule has 0 aromatic heterocycles. The van der Waals surface area contributed by atoms with Crippen LogP contribution in [-0.4, -0.2) is 52.1 Å². The number of carbonyl (C=O) groups is 1. The van der Waals surface area contributed by atoms with Gasteiger partial charge in [0, 0.05) is 26.3 Å². The maximum Gasteiger partial charge on any atom is 0.253 e. The smallest absolute Gasteiger partial charge is 0.253 e. The van der Waals surface area contributed by atoms with E-state index >= 15 is 0 Å². The average molecular weight is 263 g/mol. The molecule has 0 saturated heterocycles. The van der Waals surface area contributed by atoms with Gasteiger partial charge in [-0.2, -0.15) is 0 Å². The van der Waals surface area contributed by atoms with E-state index in [0.717, 1.165) is 37.2 Å². The second-order valence-electron chi connectivity index (χ2n) is 5.18. The molecule has 0 aliphatic rings. The summed E-state index contributed by atoms with van der Waals surface area (Å²) in [7, 11) is 8.02. The lowest BCUT2D eigenvalue weighted by Crippen LogP contribution is -2.27. The molecule has 19 heavy (non-hydrogen) atoms. The van der Waals surface area contributed by atoms with Crippen LogP contribution in [0.3, 0.4) is 0 Å². The highest BCUT2D eigenvalue weighted by Gasteiger charge is 2.11. The van der Waals surface area contributed by atoms with Crippen molar-refractivity contribution in [3.8, 4) is 0 Å². The molecule has 0 radical (unpaired) electrons. The molecule has 1 aromatic carbocycles. The molecular formula is C15H25N3O. The van der Waals surface area contributed by atoms with Crippen LogP contribution in [-0.2, 0) is 0 Å². The summed E-state index contributed by atoms with van der Waals surface area (Å²) in [6.45, 7) is 1.79. The first-order valence-corrected chi connectivity index (χ1v) is 6.71. The maximum atomic E-state index is 12.1. The number of para-hydroxylation sites is 1. The summed E-state index contributed by atoms with van der Waals surface area (Å²) in [6.07, 6.45) is 2.11. The lowest BCUT2D eigenvalue weighted by Gasteiger charge is -2.17. The molecule has 106 valence electrons. The molecule has 1 N–H and O–H groups in total. The van der Waals surface area contributed by atoms with E-state index in [9.17, 15) is 4.79 Å². The van der Waals surface area contributed by atoms with Gasteiger partial charge in [0.25, 0.3) is 5.91 Å². The van der Waals surface area contributed by atoms with Gasteiger partial charge < -0.3 is 15.1 Å². The van der Waals surface area contributed by atoms with Crippen molar-refractivity contribution in [2.24, 2.45) is 0 Å². The van der Waals surface area contributed by atoms with Crippen LogP contribution in [0.1, 0.15) is 23.2 Å². The summed E-state index contributed by atoms with van der Waals surface area (Å²) < 4.78 is 0. The zero-order valence-corrected chi connectivity index (χ0v) is 12.4. The fraction of sp³-hybridized carbons (Fsp3) is 0.533. The summed E-state index contributed by atoms with van der Waals surface area (Å²) in [4.78, 5) is 16.2. The van der Waals surface area contributed by atoms with Crippen molar-refractivity contribution in [1.82, 2.24) is 10.2 Å². The van der Waals surface area contributed by atoms with Crippen LogP contribution >= 0.6 is 0 Å². The molecule has 0 atom stereocenters. The van der Waals surface area contributed by atoms with E-state index < -0.39 is 0 Å². The monoisotopic (exact) mass is 263 g/mol. The minimum absolute atomic E-state index is 0.00848. The predicted octanol–water partition coefficient (Wildman–Crippen LogP) is 1.82. The normalized spacial score (nSPS) is 10.6. The number of carbonyl (C=O) groups excluding carboxylic acids is 1. The Labute approximate surface area is 116 Å². The molecule has 1 amide bonds. The zero-order valence-electron chi connectivity index (χ0n) is 12.4. The van der Waals surface area contributed by atoms with Crippen molar-refractivity contribution in [1.29, 1.82) is 0 Å². The fourth-order valence-electron chi connectivity index (χ4n) is 1.91. The molecule has 1 aromatic rings. The van der Waals surface area contributed by atoms with Crippen LogP contribution in [0.15, 0.2) is 24.3 Å². The Morgan fingerprint density at radius 2 is 1.79 bits per heavy atom. The molecule has 0 bridgehead atoms. The van der Waals surface area contributed by atoms with Crippen molar-refractivity contribution >= 4 is 11.6 Å². The number of hydrogen-bond acceptors (Lipinski definition) is 3. The average Bonchev–Trinajstić information content (AvgIpc) is 2.37. The van der Waals surface area contributed by atoms with Gasteiger partial charge in [0.2, 0.25) is 0 Å². The van der Waals surface area contributed by atoms with E-state index in [2.05, 4.69) is 24.3 Å². The first kappa shape index (κ1) is 15.5. The van der Waals surface area contributed by atoms with Crippen LogP contribution < -0.4 is 10.2 Å². The van der Waals surface area contributed by atoms with Crippen LogP contribution in [0.4, 0.5) is 5.69 Å². The van der Waals surface area contributed by atoms with Gasteiger partial charge >= 0.3 is 0 Å². The van der Waals surface area contributed by atoms with E-state index in [1.165, 1.54) is 0 Å². The Kier molecular flexibility index (Phi) is 6.36. The lowest BCUT2D eigenvalue weighted by atomic mass is 10.1. The van der Waals surface area contributed by atoms with Gasteiger partial charge in [0.1, 0.15) is 0 Å². The molecule has 0 unspecified atom stereocenters.